The molecular formula is C14H15F3N2O3. The molecule has 0 aromatic heterocycles. The van der Waals surface area contributed by atoms with Crippen molar-refractivity contribution in [2.45, 2.75) is 32.5 Å². The molecular weight excluding hydrogens is 301 g/mol. The minimum absolute atomic E-state index is 0.0480. The van der Waals surface area contributed by atoms with E-state index in [1.54, 1.807) is 12.2 Å². The van der Waals surface area contributed by atoms with Gasteiger partial charge in [0.2, 0.25) is 0 Å². The Bertz CT molecular complexity index is 601. The maximum absolute atomic E-state index is 12.3. The number of ether oxygens (including phenoxy) is 1. The molecule has 0 saturated carbocycles. The SMILES string of the molecule is CCCN1C(=O)C(C)Oc2ccc(NC(=O)C(F)(F)F)cc21. The first-order valence-electron chi connectivity index (χ1n) is 6.74. The van der Waals surface area contributed by atoms with Gasteiger partial charge in [-0.1, -0.05) is 6.92 Å². The first kappa shape index (κ1) is 16.1. The number of alkyl halides is 3. The highest BCUT2D eigenvalue weighted by Crippen LogP contribution is 2.36. The molecule has 0 fully saturated rings. The maximum Gasteiger partial charge on any atom is 0.471 e. The zero-order valence-electron chi connectivity index (χ0n) is 12.0. The third kappa shape index (κ3) is 3.15. The fourth-order valence-electron chi connectivity index (χ4n) is 2.14. The number of fused-ring (bicyclic) bond motifs is 1. The highest BCUT2D eigenvalue weighted by molar-refractivity contribution is 6.01. The molecule has 1 atom stereocenters. The van der Waals surface area contributed by atoms with Crippen LogP contribution in [0.15, 0.2) is 18.2 Å². The maximum atomic E-state index is 12.3. The number of nitrogens with one attached hydrogen (secondary N) is 1. The second kappa shape index (κ2) is 5.86. The smallest absolute Gasteiger partial charge is 0.471 e. The van der Waals surface area contributed by atoms with E-state index in [2.05, 4.69) is 0 Å². The number of benzene rings is 1. The average molecular weight is 316 g/mol. The summed E-state index contributed by atoms with van der Waals surface area (Å²) in [6.45, 7) is 3.89. The zero-order valence-corrected chi connectivity index (χ0v) is 12.0. The van der Waals surface area contributed by atoms with Gasteiger partial charge >= 0.3 is 12.1 Å². The summed E-state index contributed by atoms with van der Waals surface area (Å²) < 4.78 is 42.3. The van der Waals surface area contributed by atoms with Crippen molar-refractivity contribution in [3.63, 3.8) is 0 Å². The van der Waals surface area contributed by atoms with E-state index < -0.39 is 18.2 Å². The van der Waals surface area contributed by atoms with Crippen LogP contribution in [0.2, 0.25) is 0 Å². The third-order valence-electron chi connectivity index (χ3n) is 3.13. The summed E-state index contributed by atoms with van der Waals surface area (Å²) in [4.78, 5) is 24.5. The van der Waals surface area contributed by atoms with Crippen LogP contribution in [-0.4, -0.2) is 30.6 Å². The van der Waals surface area contributed by atoms with Gasteiger partial charge in [-0.15, -0.1) is 0 Å². The molecule has 5 nitrogen and oxygen atoms in total. The molecule has 0 aliphatic carbocycles. The van der Waals surface area contributed by atoms with E-state index >= 15 is 0 Å². The number of hydrogen-bond donors (Lipinski definition) is 1. The van der Waals surface area contributed by atoms with Gasteiger partial charge in [0.15, 0.2) is 6.10 Å². The quantitative estimate of drug-likeness (QED) is 0.933. The second-order valence-electron chi connectivity index (χ2n) is 4.88. The van der Waals surface area contributed by atoms with E-state index in [-0.39, 0.29) is 11.6 Å². The van der Waals surface area contributed by atoms with Gasteiger partial charge in [-0.3, -0.25) is 9.59 Å². The standard InChI is InChI=1S/C14H15F3N2O3/c1-3-6-19-10-7-9(18-13(21)14(15,16)17)4-5-11(10)22-8(2)12(19)20/h4-5,7-8H,3,6H2,1-2H3,(H,18,21). The van der Waals surface area contributed by atoms with Crippen molar-refractivity contribution in [2.24, 2.45) is 0 Å². The van der Waals surface area contributed by atoms with E-state index in [1.807, 2.05) is 6.92 Å². The number of anilines is 2. The fourth-order valence-corrected chi connectivity index (χ4v) is 2.14. The Labute approximate surface area is 125 Å². The van der Waals surface area contributed by atoms with Gasteiger partial charge in [0.1, 0.15) is 5.75 Å². The Balaban J connectivity index is 2.33. The Kier molecular flexibility index (Phi) is 4.30. The summed E-state index contributed by atoms with van der Waals surface area (Å²) in [6.07, 6.45) is -4.95. The molecule has 1 heterocycles. The topological polar surface area (TPSA) is 58.6 Å². The van der Waals surface area contributed by atoms with Gasteiger partial charge in [0, 0.05) is 12.2 Å². The van der Waals surface area contributed by atoms with Gasteiger partial charge in [-0.25, -0.2) is 0 Å². The van der Waals surface area contributed by atoms with Crippen molar-refractivity contribution in [1.29, 1.82) is 0 Å². The lowest BCUT2D eigenvalue weighted by molar-refractivity contribution is -0.167. The Morgan fingerprint density at radius 1 is 1.41 bits per heavy atom. The van der Waals surface area contributed by atoms with Crippen molar-refractivity contribution < 1.29 is 27.5 Å². The largest absolute Gasteiger partial charge is 0.479 e. The Morgan fingerprint density at radius 2 is 2.09 bits per heavy atom. The van der Waals surface area contributed by atoms with Gasteiger partial charge in [0.05, 0.1) is 5.69 Å². The van der Waals surface area contributed by atoms with Crippen LogP contribution in [0.25, 0.3) is 0 Å². The molecule has 1 aromatic carbocycles. The van der Waals surface area contributed by atoms with Crippen LogP contribution >= 0.6 is 0 Å². The molecule has 2 amide bonds. The van der Waals surface area contributed by atoms with Crippen LogP contribution in [-0.2, 0) is 9.59 Å². The number of amides is 2. The van der Waals surface area contributed by atoms with E-state index in [1.165, 1.54) is 23.1 Å². The van der Waals surface area contributed by atoms with Crippen molar-refractivity contribution in [1.82, 2.24) is 0 Å². The molecule has 1 unspecified atom stereocenters. The lowest BCUT2D eigenvalue weighted by Gasteiger charge is -2.33. The van der Waals surface area contributed by atoms with E-state index in [0.29, 0.717) is 24.4 Å². The molecule has 1 aliphatic heterocycles. The highest BCUT2D eigenvalue weighted by atomic mass is 19.4. The average Bonchev–Trinajstić information content (AvgIpc) is 2.43. The summed E-state index contributed by atoms with van der Waals surface area (Å²) in [6, 6.07) is 4.04. The van der Waals surface area contributed by atoms with Crippen LogP contribution < -0.4 is 15.0 Å². The fraction of sp³-hybridized carbons (Fsp3) is 0.429. The Morgan fingerprint density at radius 3 is 2.68 bits per heavy atom. The summed E-state index contributed by atoms with van der Waals surface area (Å²) in [7, 11) is 0. The molecule has 2 rings (SSSR count). The number of rotatable bonds is 3. The molecule has 22 heavy (non-hydrogen) atoms. The molecule has 120 valence electrons. The molecule has 1 N–H and O–H groups in total. The molecule has 1 aliphatic rings. The molecule has 0 spiro atoms. The number of carbonyl (C=O) groups is 2. The Hall–Kier alpha value is -2.25. The minimum atomic E-state index is -4.97. The predicted molar refractivity (Wildman–Crippen MR) is 73.9 cm³/mol. The van der Waals surface area contributed by atoms with Gasteiger partial charge < -0.3 is 15.0 Å². The lowest BCUT2D eigenvalue weighted by Crippen LogP contribution is -2.44. The van der Waals surface area contributed by atoms with Crippen molar-refractivity contribution in [3.8, 4) is 5.75 Å². The molecule has 0 radical (unpaired) electrons. The summed E-state index contributed by atoms with van der Waals surface area (Å²) in [5, 5.41) is 1.76. The minimum Gasteiger partial charge on any atom is -0.479 e. The van der Waals surface area contributed by atoms with Crippen molar-refractivity contribution in [3.05, 3.63) is 18.2 Å². The normalized spacial score (nSPS) is 17.8. The van der Waals surface area contributed by atoms with E-state index in [0.717, 1.165) is 0 Å². The van der Waals surface area contributed by atoms with Crippen LogP contribution in [0.5, 0.6) is 5.75 Å². The molecule has 0 bridgehead atoms. The monoisotopic (exact) mass is 316 g/mol. The van der Waals surface area contributed by atoms with E-state index in [9.17, 15) is 22.8 Å². The molecule has 1 aromatic rings. The first-order chi connectivity index (χ1) is 10.2. The molecule has 0 saturated heterocycles. The summed E-state index contributed by atoms with van der Waals surface area (Å²) >= 11 is 0. The van der Waals surface area contributed by atoms with Crippen molar-refractivity contribution >= 4 is 23.2 Å². The zero-order chi connectivity index (χ0) is 16.5. The van der Waals surface area contributed by atoms with Gasteiger partial charge in [0.25, 0.3) is 5.91 Å². The van der Waals surface area contributed by atoms with Gasteiger partial charge in [-0.2, -0.15) is 13.2 Å². The van der Waals surface area contributed by atoms with E-state index in [4.69, 9.17) is 4.74 Å². The van der Waals surface area contributed by atoms with Gasteiger partial charge in [-0.05, 0) is 31.5 Å². The predicted octanol–water partition coefficient (Wildman–Crippen LogP) is 2.71. The van der Waals surface area contributed by atoms with Crippen LogP contribution in [0, 0.1) is 0 Å². The van der Waals surface area contributed by atoms with Crippen molar-refractivity contribution in [2.75, 3.05) is 16.8 Å². The van der Waals surface area contributed by atoms with Crippen LogP contribution in [0.3, 0.4) is 0 Å². The van der Waals surface area contributed by atoms with Crippen LogP contribution in [0.4, 0.5) is 24.5 Å². The number of hydrogen-bond acceptors (Lipinski definition) is 3. The number of nitrogens with zero attached hydrogens (tertiary/aromatic N) is 1. The molecule has 8 heteroatoms. The number of carbonyl (C=O) groups excluding carboxylic acids is 2. The lowest BCUT2D eigenvalue weighted by atomic mass is 10.1. The summed E-state index contributed by atoms with van der Waals surface area (Å²) in [5.41, 5.74) is 0.304. The highest BCUT2D eigenvalue weighted by Gasteiger charge is 2.39. The van der Waals surface area contributed by atoms with Crippen LogP contribution in [0.1, 0.15) is 20.3 Å². The first-order valence-corrected chi connectivity index (χ1v) is 6.74. The third-order valence-corrected chi connectivity index (χ3v) is 3.13. The summed E-state index contributed by atoms with van der Waals surface area (Å²) in [5.74, 6) is -1.94. The number of halogens is 3. The second-order valence-corrected chi connectivity index (χ2v) is 4.88.